The van der Waals surface area contributed by atoms with Crippen molar-refractivity contribution in [1.82, 2.24) is 0 Å². The molecule has 0 fully saturated rings. The van der Waals surface area contributed by atoms with Gasteiger partial charge in [-0.1, -0.05) is 72.3 Å². The van der Waals surface area contributed by atoms with E-state index >= 15 is 0 Å². The van der Waals surface area contributed by atoms with Gasteiger partial charge in [0.05, 0.1) is 5.03 Å². The van der Waals surface area contributed by atoms with Gasteiger partial charge < -0.3 is 0 Å². The lowest BCUT2D eigenvalue weighted by molar-refractivity contribution is 1.63. The fourth-order valence-electron chi connectivity index (χ4n) is 1.64. The average Bonchev–Trinajstić information content (AvgIpc) is 2.42. The van der Waals surface area contributed by atoms with Crippen LogP contribution < -0.4 is 0 Å². The topological polar surface area (TPSA) is 0 Å². The van der Waals surface area contributed by atoms with Gasteiger partial charge in [0.25, 0.3) is 0 Å². The molecule has 0 aliphatic heterocycles. The van der Waals surface area contributed by atoms with Crippen molar-refractivity contribution in [2.24, 2.45) is 0 Å². The first kappa shape index (κ1) is 12.3. The summed E-state index contributed by atoms with van der Waals surface area (Å²) in [7, 11) is 0. The van der Waals surface area contributed by atoms with Crippen LogP contribution >= 0.6 is 23.4 Å². The van der Waals surface area contributed by atoms with Crippen LogP contribution in [0.1, 0.15) is 11.1 Å². The van der Waals surface area contributed by atoms with Crippen molar-refractivity contribution in [2.75, 3.05) is 6.26 Å². The fourth-order valence-corrected chi connectivity index (χ4v) is 2.77. The van der Waals surface area contributed by atoms with Gasteiger partial charge >= 0.3 is 0 Å². The second kappa shape index (κ2) is 5.95. The summed E-state index contributed by atoms with van der Waals surface area (Å²) in [6.07, 6.45) is 2.05. The van der Waals surface area contributed by atoms with Crippen molar-refractivity contribution in [3.8, 4) is 0 Å². The van der Waals surface area contributed by atoms with E-state index in [9.17, 15) is 0 Å². The van der Waals surface area contributed by atoms with Crippen LogP contribution in [-0.4, -0.2) is 6.26 Å². The van der Waals surface area contributed by atoms with Gasteiger partial charge in [-0.3, -0.25) is 0 Å². The van der Waals surface area contributed by atoms with Crippen molar-refractivity contribution in [3.05, 3.63) is 71.8 Å². The maximum absolute atomic E-state index is 6.47. The van der Waals surface area contributed by atoms with Crippen LogP contribution in [0.25, 0.3) is 9.94 Å². The van der Waals surface area contributed by atoms with E-state index in [1.54, 1.807) is 11.8 Å². The summed E-state index contributed by atoms with van der Waals surface area (Å²) in [5.41, 5.74) is 2.22. The molecule has 0 aliphatic rings. The lowest BCUT2D eigenvalue weighted by atomic mass is 10.1. The molecule has 0 radical (unpaired) electrons. The number of hydrogen-bond acceptors (Lipinski definition) is 1. The highest BCUT2D eigenvalue weighted by molar-refractivity contribution is 8.08. The molecule has 0 spiro atoms. The molecule has 2 aromatic rings. The Hall–Kier alpha value is -1.18. The molecule has 0 bridgehead atoms. The molecule has 2 heteroatoms. The second-order valence-corrected chi connectivity index (χ2v) is 4.77. The molecule has 0 nitrogen and oxygen atoms in total. The Bertz CT molecular complexity index is 503. The maximum atomic E-state index is 6.47. The minimum atomic E-state index is 0.810. The van der Waals surface area contributed by atoms with Crippen LogP contribution in [0.5, 0.6) is 0 Å². The molecule has 0 saturated carbocycles. The average molecular weight is 261 g/mol. The van der Waals surface area contributed by atoms with E-state index in [-0.39, 0.29) is 0 Å². The summed E-state index contributed by atoms with van der Waals surface area (Å²) in [5, 5.41) is 0.810. The summed E-state index contributed by atoms with van der Waals surface area (Å²) in [4.78, 5) is 1.11. The van der Waals surface area contributed by atoms with Gasteiger partial charge in [0.2, 0.25) is 0 Å². The highest BCUT2D eigenvalue weighted by atomic mass is 35.5. The second-order valence-electron chi connectivity index (χ2n) is 3.58. The summed E-state index contributed by atoms with van der Waals surface area (Å²) in [6, 6.07) is 20.3. The Labute approximate surface area is 111 Å². The molecular formula is C15H13ClS. The van der Waals surface area contributed by atoms with Crippen LogP contribution in [0.2, 0.25) is 0 Å². The Morgan fingerprint density at radius 3 is 1.76 bits per heavy atom. The van der Waals surface area contributed by atoms with E-state index in [0.29, 0.717) is 0 Å². The molecule has 0 saturated heterocycles. The SMILES string of the molecule is CS/C(=C(/Cl)c1ccccc1)c1ccccc1. The predicted molar refractivity (Wildman–Crippen MR) is 79.1 cm³/mol. The third-order valence-corrected chi connectivity index (χ3v) is 3.83. The predicted octanol–water partition coefficient (Wildman–Crippen LogP) is 5.11. The van der Waals surface area contributed by atoms with Crippen molar-refractivity contribution in [2.45, 2.75) is 0 Å². The van der Waals surface area contributed by atoms with Crippen LogP contribution in [0.15, 0.2) is 60.7 Å². The summed E-state index contributed by atoms with van der Waals surface area (Å²) in [6.45, 7) is 0. The van der Waals surface area contributed by atoms with E-state index in [1.165, 1.54) is 0 Å². The van der Waals surface area contributed by atoms with Gasteiger partial charge in [-0.05, 0) is 17.4 Å². The number of halogens is 1. The lowest BCUT2D eigenvalue weighted by Crippen LogP contribution is -1.84. The minimum Gasteiger partial charge on any atom is -0.127 e. The van der Waals surface area contributed by atoms with Crippen molar-refractivity contribution in [3.63, 3.8) is 0 Å². The summed E-state index contributed by atoms with van der Waals surface area (Å²) < 4.78 is 0. The van der Waals surface area contributed by atoms with Crippen LogP contribution in [-0.2, 0) is 0 Å². The lowest BCUT2D eigenvalue weighted by Gasteiger charge is -2.08. The van der Waals surface area contributed by atoms with Gasteiger partial charge in [0.1, 0.15) is 0 Å². The molecule has 0 atom stereocenters. The van der Waals surface area contributed by atoms with Crippen molar-refractivity contribution >= 4 is 33.3 Å². The van der Waals surface area contributed by atoms with Crippen molar-refractivity contribution in [1.29, 1.82) is 0 Å². The fraction of sp³-hybridized carbons (Fsp3) is 0.0667. The number of hydrogen-bond donors (Lipinski definition) is 0. The number of benzene rings is 2. The standard InChI is InChI=1S/C15H13ClS/c1-17-15(13-10-6-3-7-11-13)14(16)12-8-4-2-5-9-12/h2-11H,1H3/b15-14+. The molecule has 17 heavy (non-hydrogen) atoms. The molecule has 0 unspecified atom stereocenters. The highest BCUT2D eigenvalue weighted by Crippen LogP contribution is 2.36. The molecule has 0 aromatic heterocycles. The first-order valence-electron chi connectivity index (χ1n) is 5.37. The van der Waals surface area contributed by atoms with E-state index in [2.05, 4.69) is 12.1 Å². The van der Waals surface area contributed by atoms with Gasteiger partial charge in [0.15, 0.2) is 0 Å². The first-order chi connectivity index (χ1) is 8.33. The monoisotopic (exact) mass is 260 g/mol. The van der Waals surface area contributed by atoms with Crippen LogP contribution in [0.4, 0.5) is 0 Å². The molecule has 86 valence electrons. The summed E-state index contributed by atoms with van der Waals surface area (Å²) >= 11 is 8.14. The molecule has 2 rings (SSSR count). The maximum Gasteiger partial charge on any atom is 0.0620 e. The Morgan fingerprint density at radius 1 is 0.824 bits per heavy atom. The molecule has 0 heterocycles. The smallest absolute Gasteiger partial charge is 0.0620 e. The molecule has 0 amide bonds. The largest absolute Gasteiger partial charge is 0.127 e. The summed E-state index contributed by atoms with van der Waals surface area (Å²) in [5.74, 6) is 0. The Balaban J connectivity index is 2.48. The third kappa shape index (κ3) is 2.93. The van der Waals surface area contributed by atoms with E-state index in [1.807, 2.05) is 54.8 Å². The van der Waals surface area contributed by atoms with E-state index in [0.717, 1.165) is 21.1 Å². The number of rotatable bonds is 3. The Morgan fingerprint density at radius 2 is 1.29 bits per heavy atom. The molecular weight excluding hydrogens is 248 g/mol. The van der Waals surface area contributed by atoms with Crippen LogP contribution in [0.3, 0.4) is 0 Å². The van der Waals surface area contributed by atoms with Crippen LogP contribution in [0, 0.1) is 0 Å². The van der Waals surface area contributed by atoms with E-state index < -0.39 is 0 Å². The quantitative estimate of drug-likeness (QED) is 0.691. The zero-order valence-corrected chi connectivity index (χ0v) is 11.1. The van der Waals surface area contributed by atoms with Gasteiger partial charge in [-0.25, -0.2) is 0 Å². The first-order valence-corrected chi connectivity index (χ1v) is 6.98. The number of thioether (sulfide) groups is 1. The van der Waals surface area contributed by atoms with Gasteiger partial charge in [-0.15, -0.1) is 11.8 Å². The van der Waals surface area contributed by atoms with Gasteiger partial charge in [-0.2, -0.15) is 0 Å². The molecule has 0 aliphatic carbocycles. The zero-order valence-electron chi connectivity index (χ0n) is 9.56. The Kier molecular flexibility index (Phi) is 4.29. The van der Waals surface area contributed by atoms with Gasteiger partial charge in [0, 0.05) is 4.91 Å². The van der Waals surface area contributed by atoms with E-state index in [4.69, 9.17) is 11.6 Å². The minimum absolute atomic E-state index is 0.810. The molecule has 0 N–H and O–H groups in total. The third-order valence-electron chi connectivity index (χ3n) is 2.47. The zero-order chi connectivity index (χ0) is 12.1. The van der Waals surface area contributed by atoms with Crippen molar-refractivity contribution < 1.29 is 0 Å². The normalized spacial score (nSPS) is 12.1. The molecule has 2 aromatic carbocycles. The highest BCUT2D eigenvalue weighted by Gasteiger charge is 2.07.